The Kier molecular flexibility index (Phi) is 35.7. The van der Waals surface area contributed by atoms with Gasteiger partial charge in [0.05, 0.1) is 23.4 Å². The molecule has 3 rings (SSSR count). The van der Waals surface area contributed by atoms with Gasteiger partial charge in [-0.1, -0.05) is 203 Å². The van der Waals surface area contributed by atoms with E-state index in [0.717, 1.165) is 70.6 Å². The Morgan fingerprint density at radius 2 is 1.09 bits per heavy atom. The Morgan fingerprint density at radius 1 is 0.622 bits per heavy atom. The molecular weight excluding hydrogens is 1180 g/mol. The van der Waals surface area contributed by atoms with Crippen molar-refractivity contribution in [2.45, 2.75) is 285 Å². The molecule has 0 saturated heterocycles. The number of benzene rings is 1. The van der Waals surface area contributed by atoms with Crippen molar-refractivity contribution in [3.8, 4) is 6.01 Å². The molecule has 2 heterocycles. The number of fused-ring (bicyclic) bond motifs is 1. The Balaban J connectivity index is 1.86. The molecule has 3 aromatic rings. The number of hydrogen-bond acceptors (Lipinski definition) is 12. The van der Waals surface area contributed by atoms with Crippen LogP contribution in [0.4, 0.5) is 11.8 Å². The minimum Gasteiger partial charge on any atom is -0.480 e. The lowest BCUT2D eigenvalue weighted by Crippen LogP contribution is -2.52. The van der Waals surface area contributed by atoms with E-state index < -0.39 is 55.8 Å². The predicted molar refractivity (Wildman–Crippen MR) is 367 cm³/mol. The van der Waals surface area contributed by atoms with Crippen molar-refractivity contribution in [3.05, 3.63) is 35.4 Å². The monoisotopic (exact) mass is 1300 g/mol. The molecule has 0 spiro atoms. The van der Waals surface area contributed by atoms with E-state index in [0.29, 0.717) is 91.3 Å². The number of nitrogens with one attached hydrogen (secondary N) is 3. The SMILES string of the molecule is CCCCNc1nc(N)c2nc(O)n(Cc3ccc(C(=O)NCC(=O)NC(CCCCC(N)CC)C(=O)N(CCC(C)(CCCC(C)CCCC(C)CCCC(C)C)P(=O)(O)O)CC[C@](C)(CCCC(C)CCCC(C)CCCC(C)C)P(=O)(O)O)cc3)c2n1. The molecule has 0 aliphatic carbocycles. The van der Waals surface area contributed by atoms with Crippen LogP contribution in [0.1, 0.15) is 272 Å². The fraction of sp³-hybridized carbons (Fsp3) is 0.794. The van der Waals surface area contributed by atoms with Crippen LogP contribution in [0.3, 0.4) is 0 Å². The maximum Gasteiger partial charge on any atom is 0.331 e. The molecule has 516 valence electrons. The maximum atomic E-state index is 15.2. The molecule has 0 bridgehead atoms. The predicted octanol–water partition coefficient (Wildman–Crippen LogP) is 14.2. The minimum absolute atomic E-state index is 0.0601. The van der Waals surface area contributed by atoms with Crippen LogP contribution in [-0.2, 0) is 25.3 Å². The topological polar surface area (TPSA) is 321 Å². The molecule has 90 heavy (non-hydrogen) atoms. The standard InChI is InChI=1S/C68H124N10O10P2/c1-13-15-44-71-65-75-61(70)60-62(76-65)78(66(82)74-60)48-55-36-38-56(39-37-55)63(80)72-47-59(79)73-58(35-17-16-34-57(69)14-2)64(81)77(45-42-67(11,89(83,84)85)40-22-32-53(9)30-20-28-51(7)26-18-24-49(3)4)46-43-68(12,90(86,87)88)41-23-33-54(10)31-21-29-52(8)27-19-25-50(5)6/h36-39,49-54,57-58H,13-35,40-48,69H2,1-12H3,(H,72,80)(H,73,79)(H,74,82)(H2,83,84,85)(H2,86,87,88)(H3,70,71,75,76)/t51?,52?,53?,54?,57?,58?,67-,68?/m0/s1. The van der Waals surface area contributed by atoms with Crippen LogP contribution in [0.2, 0.25) is 0 Å². The fourth-order valence-corrected chi connectivity index (χ4v) is 13.7. The number of carbonyl (C=O) groups is 3. The first-order valence-corrected chi connectivity index (χ1v) is 37.8. The highest BCUT2D eigenvalue weighted by molar-refractivity contribution is 7.53. The van der Waals surface area contributed by atoms with Gasteiger partial charge >= 0.3 is 15.2 Å². The molecule has 12 N–H and O–H groups in total. The Morgan fingerprint density at radius 3 is 1.54 bits per heavy atom. The smallest absolute Gasteiger partial charge is 0.331 e. The lowest BCUT2D eigenvalue weighted by atomic mass is 9.90. The number of amides is 3. The van der Waals surface area contributed by atoms with E-state index in [4.69, 9.17) is 11.5 Å². The normalized spacial score (nSPS) is 15.7. The van der Waals surface area contributed by atoms with Crippen LogP contribution >= 0.6 is 15.2 Å². The van der Waals surface area contributed by atoms with Crippen molar-refractivity contribution in [2.75, 3.05) is 37.2 Å². The van der Waals surface area contributed by atoms with Crippen molar-refractivity contribution in [1.82, 2.24) is 35.1 Å². The quantitative estimate of drug-likeness (QED) is 0.0185. The fourth-order valence-electron chi connectivity index (χ4n) is 12.0. The van der Waals surface area contributed by atoms with E-state index >= 15 is 4.79 Å². The molecule has 0 fully saturated rings. The summed E-state index contributed by atoms with van der Waals surface area (Å²) in [5.41, 5.74) is 14.0. The van der Waals surface area contributed by atoms with Crippen molar-refractivity contribution >= 4 is 55.8 Å². The summed E-state index contributed by atoms with van der Waals surface area (Å²) < 4.78 is 28.7. The van der Waals surface area contributed by atoms with Gasteiger partial charge < -0.3 is 57.0 Å². The molecule has 3 amide bonds. The maximum absolute atomic E-state index is 15.2. The summed E-state index contributed by atoms with van der Waals surface area (Å²) in [6.07, 6.45) is 21.5. The van der Waals surface area contributed by atoms with Gasteiger partial charge in [-0.15, -0.1) is 0 Å². The van der Waals surface area contributed by atoms with Crippen molar-refractivity contribution < 1.29 is 48.2 Å². The van der Waals surface area contributed by atoms with Crippen molar-refractivity contribution in [1.29, 1.82) is 0 Å². The number of carbonyl (C=O) groups excluding carboxylic acids is 3. The van der Waals surface area contributed by atoms with Gasteiger partial charge in [-0.05, 0) is 118 Å². The first-order chi connectivity index (χ1) is 42.3. The first-order valence-electron chi connectivity index (χ1n) is 34.6. The molecule has 0 saturated carbocycles. The van der Waals surface area contributed by atoms with Gasteiger partial charge in [0, 0.05) is 31.2 Å². The summed E-state index contributed by atoms with van der Waals surface area (Å²) in [4.78, 5) is 102. The highest BCUT2D eigenvalue weighted by Gasteiger charge is 2.45. The summed E-state index contributed by atoms with van der Waals surface area (Å²) in [5.74, 6) is 2.08. The summed E-state index contributed by atoms with van der Waals surface area (Å²) >= 11 is 0. The number of nitrogens with zero attached hydrogens (tertiary/aromatic N) is 5. The zero-order valence-corrected chi connectivity index (χ0v) is 59.4. The van der Waals surface area contributed by atoms with Crippen LogP contribution in [0.5, 0.6) is 6.01 Å². The Hall–Kier alpha value is -4.16. The number of nitrogen functional groups attached to an aromatic ring is 1. The number of hydrogen-bond donors (Lipinski definition) is 10. The van der Waals surface area contributed by atoms with Crippen molar-refractivity contribution in [2.24, 2.45) is 41.2 Å². The van der Waals surface area contributed by atoms with E-state index in [1.54, 1.807) is 38.1 Å². The third kappa shape index (κ3) is 29.0. The molecule has 1 aromatic carbocycles. The van der Waals surface area contributed by atoms with E-state index in [-0.39, 0.29) is 80.7 Å². The zero-order valence-electron chi connectivity index (χ0n) is 57.6. The number of imidazole rings is 1. The highest BCUT2D eigenvalue weighted by Crippen LogP contribution is 2.56. The van der Waals surface area contributed by atoms with E-state index in [9.17, 15) is 43.4 Å². The number of aromatic hydroxyl groups is 1. The molecular formula is C68H124N10O10P2. The first kappa shape index (κ1) is 80.1. The van der Waals surface area contributed by atoms with Gasteiger partial charge in [0.1, 0.15) is 6.04 Å². The number of anilines is 2. The van der Waals surface area contributed by atoms with Crippen molar-refractivity contribution in [3.63, 3.8) is 0 Å². The molecule has 7 unspecified atom stereocenters. The molecule has 8 atom stereocenters. The molecule has 0 aliphatic rings. The number of unbranched alkanes of at least 4 members (excludes halogenated alkanes) is 2. The van der Waals surface area contributed by atoms with Gasteiger partial charge in [-0.3, -0.25) is 28.1 Å². The third-order valence-electron chi connectivity index (χ3n) is 19.0. The van der Waals surface area contributed by atoms with E-state index in [2.05, 4.69) is 93.2 Å². The number of nitrogens with two attached hydrogens (primary N) is 2. The van der Waals surface area contributed by atoms with Crippen LogP contribution in [0.15, 0.2) is 24.3 Å². The molecule has 0 radical (unpaired) electrons. The van der Waals surface area contributed by atoms with Gasteiger partial charge in [0.25, 0.3) is 11.9 Å². The van der Waals surface area contributed by atoms with Gasteiger partial charge in [0.2, 0.25) is 17.8 Å². The molecule has 22 heteroatoms. The number of rotatable bonds is 49. The lowest BCUT2D eigenvalue weighted by Gasteiger charge is -2.37. The average molecular weight is 1300 g/mol. The third-order valence-corrected chi connectivity index (χ3v) is 22.7. The summed E-state index contributed by atoms with van der Waals surface area (Å²) in [7, 11) is -9.56. The molecule has 0 aliphatic heterocycles. The van der Waals surface area contributed by atoms with E-state index in [1.165, 1.54) is 48.0 Å². The second kappa shape index (κ2) is 40.2. The second-order valence-corrected chi connectivity index (χ2v) is 32.8. The van der Waals surface area contributed by atoms with Gasteiger partial charge in [0.15, 0.2) is 17.0 Å². The largest absolute Gasteiger partial charge is 0.480 e. The molecule has 2 aromatic heterocycles. The lowest BCUT2D eigenvalue weighted by molar-refractivity contribution is -0.136. The van der Waals surface area contributed by atoms with Gasteiger partial charge in [-0.25, -0.2) is 0 Å². The Labute approximate surface area is 542 Å². The van der Waals surface area contributed by atoms with Crippen LogP contribution < -0.4 is 27.4 Å². The summed E-state index contributed by atoms with van der Waals surface area (Å²) in [6.45, 7) is 25.3. The Bertz CT molecular complexity index is 2590. The van der Waals surface area contributed by atoms with Crippen LogP contribution in [-0.4, -0.2) is 115 Å². The summed E-state index contributed by atoms with van der Waals surface area (Å²) in [6, 6.07) is 5.05. The number of aromatic nitrogens is 4. The second-order valence-electron chi connectivity index (χ2n) is 28.5. The molecule has 20 nitrogen and oxygen atoms in total. The van der Waals surface area contributed by atoms with E-state index in [1.807, 2.05) is 6.92 Å². The minimum atomic E-state index is -4.78. The van der Waals surface area contributed by atoms with Crippen LogP contribution in [0.25, 0.3) is 11.2 Å². The zero-order chi connectivity index (χ0) is 67.2. The highest BCUT2D eigenvalue weighted by atomic mass is 31.2. The average Bonchev–Trinajstić information content (AvgIpc) is 1.60. The van der Waals surface area contributed by atoms with Crippen LogP contribution in [0, 0.1) is 35.5 Å². The van der Waals surface area contributed by atoms with Gasteiger partial charge in [-0.2, -0.15) is 15.0 Å². The summed E-state index contributed by atoms with van der Waals surface area (Å²) in [5, 5.41) is 16.5.